The molecule has 0 aliphatic rings. The molecule has 0 heterocycles. The summed E-state index contributed by atoms with van der Waals surface area (Å²) in [7, 11) is 0. The van der Waals surface area contributed by atoms with Gasteiger partial charge in [0.1, 0.15) is 0 Å². The van der Waals surface area contributed by atoms with Crippen LogP contribution in [0.4, 0.5) is 0 Å². The fourth-order valence-electron chi connectivity index (χ4n) is 0.337. The van der Waals surface area contributed by atoms with Crippen molar-refractivity contribution in [3.05, 3.63) is 0 Å². The summed E-state index contributed by atoms with van der Waals surface area (Å²) in [4.78, 5) is 9.81. The number of hydrogen-bond donors (Lipinski definition) is 1. The molecule has 1 atom stereocenters. The van der Waals surface area contributed by atoms with Gasteiger partial charge in [-0.2, -0.15) is 12.6 Å². The van der Waals surface area contributed by atoms with E-state index in [9.17, 15) is 9.90 Å². The summed E-state index contributed by atoms with van der Waals surface area (Å²) in [6.07, 6.45) is 0.830. The average molecular weight is 133 g/mol. The Morgan fingerprint density at radius 2 is 2.38 bits per heavy atom. The second-order valence-corrected chi connectivity index (χ2v) is 2.37. The number of carboxylic acid groups (broad SMARTS) is 1. The van der Waals surface area contributed by atoms with Crippen molar-refractivity contribution in [3.63, 3.8) is 0 Å². The Morgan fingerprint density at radius 1 is 1.88 bits per heavy atom. The van der Waals surface area contributed by atoms with Crippen LogP contribution in [0.1, 0.15) is 19.8 Å². The average Bonchev–Trinajstić information content (AvgIpc) is 1.65. The highest BCUT2D eigenvalue weighted by Gasteiger charge is 1.97. The Bertz CT molecular complexity index is 82.5. The molecule has 0 bridgehead atoms. The monoisotopic (exact) mass is 133 g/mol. The predicted molar refractivity (Wildman–Crippen MR) is 32.7 cm³/mol. The summed E-state index contributed by atoms with van der Waals surface area (Å²) in [6.45, 7) is 1.89. The van der Waals surface area contributed by atoms with Crippen molar-refractivity contribution < 1.29 is 9.90 Å². The van der Waals surface area contributed by atoms with Gasteiger partial charge in [0.25, 0.3) is 0 Å². The first kappa shape index (κ1) is 7.82. The molecule has 0 aliphatic heterocycles. The molecule has 0 saturated heterocycles. The van der Waals surface area contributed by atoms with Crippen molar-refractivity contribution >= 4 is 18.6 Å². The highest BCUT2D eigenvalue weighted by Crippen LogP contribution is 2.03. The van der Waals surface area contributed by atoms with Crippen LogP contribution in [-0.4, -0.2) is 11.2 Å². The van der Waals surface area contributed by atoms with E-state index in [0.29, 0.717) is 0 Å². The molecule has 3 heteroatoms. The molecular weight excluding hydrogens is 124 g/mol. The van der Waals surface area contributed by atoms with Gasteiger partial charge in [0, 0.05) is 11.2 Å². The van der Waals surface area contributed by atoms with E-state index in [0.717, 1.165) is 6.42 Å². The lowest BCUT2D eigenvalue weighted by molar-refractivity contribution is -0.305. The summed E-state index contributed by atoms with van der Waals surface area (Å²) in [5.41, 5.74) is 0. The van der Waals surface area contributed by atoms with Crippen LogP contribution in [0.15, 0.2) is 0 Å². The van der Waals surface area contributed by atoms with Crippen LogP contribution >= 0.6 is 12.6 Å². The molecule has 1 unspecified atom stereocenters. The van der Waals surface area contributed by atoms with E-state index in [-0.39, 0.29) is 11.7 Å². The van der Waals surface area contributed by atoms with Crippen LogP contribution in [0, 0.1) is 0 Å². The van der Waals surface area contributed by atoms with Crippen molar-refractivity contribution in [3.8, 4) is 0 Å². The number of thiol groups is 1. The van der Waals surface area contributed by atoms with Gasteiger partial charge in [0.15, 0.2) is 0 Å². The van der Waals surface area contributed by atoms with Crippen LogP contribution in [0.25, 0.3) is 0 Å². The summed E-state index contributed by atoms with van der Waals surface area (Å²) in [6, 6.07) is 0. The highest BCUT2D eigenvalue weighted by atomic mass is 32.1. The minimum atomic E-state index is -1.02. The molecule has 0 amide bonds. The summed E-state index contributed by atoms with van der Waals surface area (Å²) < 4.78 is 0. The molecule has 0 aromatic carbocycles. The van der Waals surface area contributed by atoms with E-state index in [1.165, 1.54) is 0 Å². The van der Waals surface area contributed by atoms with Gasteiger partial charge in [0.2, 0.25) is 0 Å². The minimum Gasteiger partial charge on any atom is -0.550 e. The van der Waals surface area contributed by atoms with Crippen molar-refractivity contribution in [2.24, 2.45) is 0 Å². The molecule has 2 nitrogen and oxygen atoms in total. The van der Waals surface area contributed by atoms with E-state index >= 15 is 0 Å². The second kappa shape index (κ2) is 3.78. The van der Waals surface area contributed by atoms with Crippen molar-refractivity contribution in [1.29, 1.82) is 0 Å². The van der Waals surface area contributed by atoms with Gasteiger partial charge in [-0.1, -0.05) is 6.92 Å². The summed E-state index contributed by atoms with van der Waals surface area (Å²) in [5, 5.41) is 9.77. The highest BCUT2D eigenvalue weighted by molar-refractivity contribution is 7.81. The first-order valence-corrected chi connectivity index (χ1v) is 3.06. The third kappa shape index (κ3) is 3.99. The lowest BCUT2D eigenvalue weighted by Crippen LogP contribution is -2.25. The minimum absolute atomic E-state index is 0.0417. The normalized spacial score (nSPS) is 13.2. The number of carboxylic acids is 1. The fourth-order valence-corrected chi connectivity index (χ4v) is 0.486. The predicted octanol–water partition coefficient (Wildman–Crippen LogP) is -0.165. The Hall–Kier alpha value is -0.180. The maximum absolute atomic E-state index is 9.81. The third-order valence-electron chi connectivity index (χ3n) is 0.874. The summed E-state index contributed by atoms with van der Waals surface area (Å²) in [5.74, 6) is -1.02. The molecule has 48 valence electrons. The van der Waals surface area contributed by atoms with Crippen molar-refractivity contribution in [2.45, 2.75) is 25.0 Å². The Labute approximate surface area is 54.3 Å². The van der Waals surface area contributed by atoms with Crippen LogP contribution in [0.3, 0.4) is 0 Å². The molecule has 0 rings (SSSR count). The quantitative estimate of drug-likeness (QED) is 0.543. The Kier molecular flexibility index (Phi) is 3.69. The number of carbonyl (C=O) groups excluding carboxylic acids is 1. The maximum Gasteiger partial charge on any atom is 0.0425 e. The van der Waals surface area contributed by atoms with Gasteiger partial charge in [-0.05, 0) is 12.8 Å². The molecule has 0 fully saturated rings. The lowest BCUT2D eigenvalue weighted by atomic mass is 10.2. The van der Waals surface area contributed by atoms with Gasteiger partial charge in [0.05, 0.1) is 0 Å². The topological polar surface area (TPSA) is 40.1 Å². The molecule has 8 heavy (non-hydrogen) atoms. The zero-order valence-corrected chi connectivity index (χ0v) is 5.65. The third-order valence-corrected chi connectivity index (χ3v) is 1.42. The van der Waals surface area contributed by atoms with Crippen molar-refractivity contribution in [1.82, 2.24) is 0 Å². The SMILES string of the molecule is CCC(S)CC(=O)[O-]. The Morgan fingerprint density at radius 3 is 2.50 bits per heavy atom. The zero-order chi connectivity index (χ0) is 6.57. The second-order valence-electron chi connectivity index (χ2n) is 1.64. The molecule has 0 N–H and O–H groups in total. The summed E-state index contributed by atoms with van der Waals surface area (Å²) >= 11 is 3.95. The standard InChI is InChI=1S/C5H10O2S/c1-2-4(8)3-5(6)7/h4,8H,2-3H2,1H3,(H,6,7)/p-1. The lowest BCUT2D eigenvalue weighted by Gasteiger charge is -2.06. The molecule has 0 saturated carbocycles. The number of rotatable bonds is 3. The van der Waals surface area contributed by atoms with Gasteiger partial charge in [-0.15, -0.1) is 0 Å². The van der Waals surface area contributed by atoms with Crippen LogP contribution < -0.4 is 5.11 Å². The maximum atomic E-state index is 9.81. The van der Waals surface area contributed by atoms with Crippen LogP contribution in [-0.2, 0) is 4.79 Å². The van der Waals surface area contributed by atoms with Gasteiger partial charge in [-0.25, -0.2) is 0 Å². The number of carbonyl (C=O) groups is 1. The van der Waals surface area contributed by atoms with Crippen molar-refractivity contribution in [2.75, 3.05) is 0 Å². The van der Waals surface area contributed by atoms with Gasteiger partial charge >= 0.3 is 0 Å². The Balaban J connectivity index is 3.24. The molecule has 0 aliphatic carbocycles. The largest absolute Gasteiger partial charge is 0.550 e. The van der Waals surface area contributed by atoms with E-state index in [4.69, 9.17) is 0 Å². The molecule has 0 aromatic heterocycles. The first-order valence-electron chi connectivity index (χ1n) is 2.54. The van der Waals surface area contributed by atoms with E-state index in [1.54, 1.807) is 0 Å². The smallest absolute Gasteiger partial charge is 0.0425 e. The van der Waals surface area contributed by atoms with Crippen LogP contribution in [0.5, 0.6) is 0 Å². The number of hydrogen-bond acceptors (Lipinski definition) is 3. The van der Waals surface area contributed by atoms with Gasteiger partial charge in [-0.3, -0.25) is 0 Å². The van der Waals surface area contributed by atoms with Gasteiger partial charge < -0.3 is 9.90 Å². The van der Waals surface area contributed by atoms with E-state index < -0.39 is 5.97 Å². The number of aliphatic carboxylic acids is 1. The molecule has 0 aromatic rings. The zero-order valence-electron chi connectivity index (χ0n) is 4.76. The van der Waals surface area contributed by atoms with E-state index in [1.807, 2.05) is 6.92 Å². The van der Waals surface area contributed by atoms with E-state index in [2.05, 4.69) is 12.6 Å². The molecule has 0 spiro atoms. The molecular formula is C5H9O2S-. The van der Waals surface area contributed by atoms with Crippen LogP contribution in [0.2, 0.25) is 0 Å². The first-order chi connectivity index (χ1) is 3.66. The fraction of sp³-hybridized carbons (Fsp3) is 0.800. The molecule has 0 radical (unpaired) electrons.